The molecule has 0 amide bonds. The third kappa shape index (κ3) is 4.71. The highest BCUT2D eigenvalue weighted by molar-refractivity contribution is 7.80. The van der Waals surface area contributed by atoms with Crippen LogP contribution in [-0.4, -0.2) is 55.1 Å². The van der Waals surface area contributed by atoms with Gasteiger partial charge in [0.1, 0.15) is 4.99 Å². The molecule has 0 unspecified atom stereocenters. The minimum atomic E-state index is -0.298. The first kappa shape index (κ1) is 16.3. The Bertz CT molecular complexity index is 470. The van der Waals surface area contributed by atoms with E-state index in [1.54, 1.807) is 13.2 Å². The Hall–Kier alpha value is -1.80. The van der Waals surface area contributed by atoms with E-state index in [1.165, 1.54) is 13.3 Å². The summed E-state index contributed by atoms with van der Waals surface area (Å²) in [5.74, 6) is 0.245. The lowest BCUT2D eigenvalue weighted by Crippen LogP contribution is -2.33. The van der Waals surface area contributed by atoms with E-state index in [4.69, 9.17) is 22.7 Å². The molecule has 1 rings (SSSR count). The average molecular weight is 298 g/mol. The molecule has 0 radical (unpaired) electrons. The first-order valence-electron chi connectivity index (χ1n) is 6.02. The summed E-state index contributed by atoms with van der Waals surface area (Å²) >= 11 is 5.00. The third-order valence-corrected chi connectivity index (χ3v) is 2.86. The van der Waals surface area contributed by atoms with Crippen molar-refractivity contribution in [2.75, 3.05) is 38.8 Å². The molecule has 0 bridgehead atoms. The first-order valence-corrected chi connectivity index (χ1v) is 6.43. The smallest absolute Gasteiger partial charge is 0.307 e. The SMILES string of the molecule is COCCN(CCC(=O)OC)c1nnccc1C(N)=S. The molecule has 20 heavy (non-hydrogen) atoms. The van der Waals surface area contributed by atoms with Gasteiger partial charge in [-0.15, -0.1) is 5.10 Å². The predicted molar refractivity (Wildman–Crippen MR) is 78.6 cm³/mol. The van der Waals surface area contributed by atoms with Crippen molar-refractivity contribution in [2.24, 2.45) is 5.73 Å². The second-order valence-corrected chi connectivity index (χ2v) is 4.38. The van der Waals surface area contributed by atoms with Crippen molar-refractivity contribution in [3.8, 4) is 0 Å². The molecule has 110 valence electrons. The van der Waals surface area contributed by atoms with Crippen molar-refractivity contribution in [1.29, 1.82) is 0 Å². The van der Waals surface area contributed by atoms with E-state index in [1.807, 2.05) is 4.90 Å². The highest BCUT2D eigenvalue weighted by Gasteiger charge is 2.16. The van der Waals surface area contributed by atoms with Crippen LogP contribution in [0, 0.1) is 0 Å². The Morgan fingerprint density at radius 3 is 2.80 bits per heavy atom. The molecule has 2 N–H and O–H groups in total. The van der Waals surface area contributed by atoms with E-state index in [0.717, 1.165) is 0 Å². The van der Waals surface area contributed by atoms with E-state index < -0.39 is 0 Å². The fourth-order valence-electron chi connectivity index (χ4n) is 1.60. The van der Waals surface area contributed by atoms with Crippen LogP contribution in [-0.2, 0) is 14.3 Å². The van der Waals surface area contributed by atoms with Crippen molar-refractivity contribution in [2.45, 2.75) is 6.42 Å². The van der Waals surface area contributed by atoms with Crippen molar-refractivity contribution >= 4 is 29.0 Å². The largest absolute Gasteiger partial charge is 0.469 e. The van der Waals surface area contributed by atoms with Crippen LogP contribution >= 0.6 is 12.2 Å². The monoisotopic (exact) mass is 298 g/mol. The van der Waals surface area contributed by atoms with Gasteiger partial charge >= 0.3 is 5.97 Å². The quantitative estimate of drug-likeness (QED) is 0.535. The Balaban J connectivity index is 2.91. The van der Waals surface area contributed by atoms with Crippen molar-refractivity contribution in [1.82, 2.24) is 10.2 Å². The van der Waals surface area contributed by atoms with Gasteiger partial charge in [-0.05, 0) is 6.07 Å². The number of carbonyl (C=O) groups excluding carboxylic acids is 1. The maximum absolute atomic E-state index is 11.3. The van der Waals surface area contributed by atoms with Crippen LogP contribution in [0.2, 0.25) is 0 Å². The lowest BCUT2D eigenvalue weighted by molar-refractivity contribution is -0.140. The number of rotatable bonds is 8. The normalized spacial score (nSPS) is 10.1. The van der Waals surface area contributed by atoms with Crippen LogP contribution in [0.15, 0.2) is 12.3 Å². The van der Waals surface area contributed by atoms with Crippen LogP contribution < -0.4 is 10.6 Å². The van der Waals surface area contributed by atoms with Gasteiger partial charge in [0.05, 0.1) is 31.9 Å². The molecule has 0 aromatic carbocycles. The molecule has 1 heterocycles. The van der Waals surface area contributed by atoms with Crippen LogP contribution in [0.4, 0.5) is 5.82 Å². The first-order chi connectivity index (χ1) is 9.60. The molecule has 0 saturated carbocycles. The number of hydrogen-bond donors (Lipinski definition) is 1. The number of esters is 1. The zero-order valence-electron chi connectivity index (χ0n) is 11.5. The summed E-state index contributed by atoms with van der Waals surface area (Å²) in [7, 11) is 2.95. The molecule has 1 aromatic rings. The summed E-state index contributed by atoms with van der Waals surface area (Å²) in [4.78, 5) is 13.4. The number of thiocarbonyl (C=S) groups is 1. The van der Waals surface area contributed by atoms with Crippen molar-refractivity contribution in [3.05, 3.63) is 17.8 Å². The van der Waals surface area contributed by atoms with Gasteiger partial charge in [0.2, 0.25) is 0 Å². The maximum atomic E-state index is 11.3. The molecule has 0 spiro atoms. The number of anilines is 1. The topological polar surface area (TPSA) is 90.6 Å². The predicted octanol–water partition coefficient (Wildman–Crippen LogP) is 0.127. The van der Waals surface area contributed by atoms with Gasteiger partial charge in [-0.3, -0.25) is 4.79 Å². The Morgan fingerprint density at radius 1 is 1.45 bits per heavy atom. The summed E-state index contributed by atoms with van der Waals surface area (Å²) in [5, 5.41) is 7.90. The Labute approximate surface area is 123 Å². The summed E-state index contributed by atoms with van der Waals surface area (Å²) in [6.45, 7) is 1.45. The number of nitrogens with zero attached hydrogens (tertiary/aromatic N) is 3. The Morgan fingerprint density at radius 2 is 2.20 bits per heavy atom. The molecular formula is C12H18N4O3S. The molecule has 1 aromatic heterocycles. The minimum Gasteiger partial charge on any atom is -0.469 e. The van der Waals surface area contributed by atoms with Gasteiger partial charge in [0.25, 0.3) is 0 Å². The number of methoxy groups -OCH3 is 2. The van der Waals surface area contributed by atoms with Gasteiger partial charge in [-0.2, -0.15) is 5.10 Å². The van der Waals surface area contributed by atoms with Crippen LogP contribution in [0.3, 0.4) is 0 Å². The van der Waals surface area contributed by atoms with E-state index in [0.29, 0.717) is 31.1 Å². The molecule has 0 aliphatic heterocycles. The molecule has 7 nitrogen and oxygen atoms in total. The van der Waals surface area contributed by atoms with Gasteiger partial charge in [0, 0.05) is 20.2 Å². The lowest BCUT2D eigenvalue weighted by atomic mass is 10.2. The Kier molecular flexibility index (Phi) is 6.82. The summed E-state index contributed by atoms with van der Waals surface area (Å²) in [5.41, 5.74) is 6.30. The molecule has 0 fully saturated rings. The number of aromatic nitrogens is 2. The molecule has 0 aliphatic rings. The van der Waals surface area contributed by atoms with Gasteiger partial charge < -0.3 is 20.1 Å². The lowest BCUT2D eigenvalue weighted by Gasteiger charge is -2.24. The summed E-state index contributed by atoms with van der Waals surface area (Å²) < 4.78 is 9.69. The maximum Gasteiger partial charge on any atom is 0.307 e. The highest BCUT2D eigenvalue weighted by atomic mass is 32.1. The number of ether oxygens (including phenoxy) is 2. The zero-order valence-corrected chi connectivity index (χ0v) is 12.4. The highest BCUT2D eigenvalue weighted by Crippen LogP contribution is 2.16. The zero-order chi connectivity index (χ0) is 15.0. The average Bonchev–Trinajstić information content (AvgIpc) is 2.47. The molecule has 8 heteroatoms. The van der Waals surface area contributed by atoms with Crippen LogP contribution in [0.1, 0.15) is 12.0 Å². The number of hydrogen-bond acceptors (Lipinski definition) is 7. The second-order valence-electron chi connectivity index (χ2n) is 3.94. The van der Waals surface area contributed by atoms with Crippen LogP contribution in [0.25, 0.3) is 0 Å². The number of carbonyl (C=O) groups is 1. The second kappa shape index (κ2) is 8.39. The standard InChI is InChI=1S/C12H18N4O3S/c1-18-8-7-16(6-4-10(17)19-2)12-9(11(13)20)3-5-14-15-12/h3,5H,4,6-8H2,1-2H3,(H2,13,20). The van der Waals surface area contributed by atoms with E-state index >= 15 is 0 Å². The van der Waals surface area contributed by atoms with Gasteiger partial charge in [-0.25, -0.2) is 0 Å². The molecule has 0 aliphatic carbocycles. The minimum absolute atomic E-state index is 0.230. The van der Waals surface area contributed by atoms with E-state index in [2.05, 4.69) is 14.9 Å². The van der Waals surface area contributed by atoms with Gasteiger partial charge in [-0.1, -0.05) is 12.2 Å². The van der Waals surface area contributed by atoms with E-state index in [-0.39, 0.29) is 17.4 Å². The fraction of sp³-hybridized carbons (Fsp3) is 0.500. The summed E-state index contributed by atoms with van der Waals surface area (Å²) in [6, 6.07) is 1.70. The molecular weight excluding hydrogens is 280 g/mol. The van der Waals surface area contributed by atoms with Crippen molar-refractivity contribution < 1.29 is 14.3 Å². The van der Waals surface area contributed by atoms with Crippen LogP contribution in [0.5, 0.6) is 0 Å². The van der Waals surface area contributed by atoms with Crippen molar-refractivity contribution in [3.63, 3.8) is 0 Å². The number of nitrogens with two attached hydrogens (primary N) is 1. The summed E-state index contributed by atoms with van der Waals surface area (Å²) in [6.07, 6.45) is 1.75. The van der Waals surface area contributed by atoms with Gasteiger partial charge in [0.15, 0.2) is 5.82 Å². The molecule has 0 saturated heterocycles. The van der Waals surface area contributed by atoms with E-state index in [9.17, 15) is 4.79 Å². The molecule has 0 atom stereocenters. The fourth-order valence-corrected chi connectivity index (χ4v) is 1.76. The third-order valence-electron chi connectivity index (χ3n) is 2.65.